The molecule has 1 aliphatic rings. The largest absolute Gasteiger partial charge is 0.497 e. The van der Waals surface area contributed by atoms with Gasteiger partial charge in [-0.3, -0.25) is 4.79 Å². The molecule has 1 heterocycles. The molecular weight excluding hydrogens is 366 g/mol. The summed E-state index contributed by atoms with van der Waals surface area (Å²) in [4.78, 5) is 16.1. The average Bonchev–Trinajstić information content (AvgIpc) is 2.76. The molecule has 0 aromatic heterocycles. The molecule has 0 bridgehead atoms. The number of nitrogens with zero attached hydrogens (tertiary/aromatic N) is 1. The van der Waals surface area contributed by atoms with Gasteiger partial charge >= 0.3 is 0 Å². The van der Waals surface area contributed by atoms with E-state index in [0.717, 1.165) is 62.8 Å². The Kier molecular flexibility index (Phi) is 7.76. The van der Waals surface area contributed by atoms with Crippen molar-refractivity contribution in [3.63, 3.8) is 0 Å². The van der Waals surface area contributed by atoms with Gasteiger partial charge in [0.1, 0.15) is 11.5 Å². The first kappa shape index (κ1) is 21.0. The van der Waals surface area contributed by atoms with Crippen LogP contribution in [-0.2, 0) is 4.79 Å². The molecule has 1 amide bonds. The van der Waals surface area contributed by atoms with Crippen LogP contribution in [0.15, 0.2) is 48.5 Å². The Morgan fingerprint density at radius 3 is 2.31 bits per heavy atom. The topological polar surface area (TPSA) is 55.2 Å². The monoisotopic (exact) mass is 398 g/mol. The van der Waals surface area contributed by atoms with Crippen LogP contribution in [0.3, 0.4) is 0 Å². The van der Waals surface area contributed by atoms with E-state index in [1.807, 2.05) is 36.4 Å². The van der Waals surface area contributed by atoms with E-state index in [4.69, 9.17) is 9.47 Å². The summed E-state index contributed by atoms with van der Waals surface area (Å²) < 4.78 is 10.9. The molecule has 0 saturated carbocycles. The second kappa shape index (κ2) is 10.7. The molecule has 6 nitrogen and oxygen atoms in total. The minimum absolute atomic E-state index is 0.0533. The third-order valence-electron chi connectivity index (χ3n) is 5.22. The quantitative estimate of drug-likeness (QED) is 0.636. The Morgan fingerprint density at radius 2 is 1.69 bits per heavy atom. The summed E-state index contributed by atoms with van der Waals surface area (Å²) in [6.45, 7) is 7.15. The summed E-state index contributed by atoms with van der Waals surface area (Å²) in [7, 11) is 1.68. The summed E-state index contributed by atoms with van der Waals surface area (Å²) >= 11 is 0. The molecule has 1 saturated heterocycles. The maximum absolute atomic E-state index is 12.4. The Bertz CT molecular complexity index is 754. The van der Waals surface area contributed by atoms with E-state index in [2.05, 4.69) is 29.3 Å². The highest BCUT2D eigenvalue weighted by Crippen LogP contribution is 2.19. The van der Waals surface area contributed by atoms with Crippen molar-refractivity contribution in [2.24, 2.45) is 0 Å². The molecule has 2 aromatic rings. The van der Waals surface area contributed by atoms with Gasteiger partial charge in [0.05, 0.1) is 39.9 Å². The van der Waals surface area contributed by atoms with Crippen LogP contribution in [0.1, 0.15) is 19.8 Å². The summed E-state index contributed by atoms with van der Waals surface area (Å²) in [6.07, 6.45) is 2.16. The van der Waals surface area contributed by atoms with Gasteiger partial charge in [0.15, 0.2) is 6.54 Å². The third-order valence-corrected chi connectivity index (χ3v) is 5.22. The summed E-state index contributed by atoms with van der Waals surface area (Å²) in [5.74, 6) is 1.77. The van der Waals surface area contributed by atoms with Gasteiger partial charge in [-0.25, -0.2) is 0 Å². The van der Waals surface area contributed by atoms with E-state index in [-0.39, 0.29) is 5.91 Å². The standard InChI is InChI=1S/C23H31N3O3/c1-3-4-17-29-22-9-5-19(6-10-22)24-23(27)18-25-13-15-26(16-14-25)20-7-11-21(28-2)12-8-20/h5-12H,3-4,13-18H2,1-2H3,(H,24,27)/p+1. The van der Waals surface area contributed by atoms with Gasteiger partial charge in [0.2, 0.25) is 0 Å². The molecule has 2 aromatic carbocycles. The molecule has 29 heavy (non-hydrogen) atoms. The number of ether oxygens (including phenoxy) is 2. The minimum Gasteiger partial charge on any atom is -0.497 e. The molecule has 0 spiro atoms. The summed E-state index contributed by atoms with van der Waals surface area (Å²) in [5, 5.41) is 3.00. The molecular formula is C23H32N3O3+. The number of carbonyl (C=O) groups is 1. The Labute approximate surface area is 173 Å². The number of benzene rings is 2. The fourth-order valence-corrected chi connectivity index (χ4v) is 3.45. The van der Waals surface area contributed by atoms with Gasteiger partial charge in [-0.15, -0.1) is 0 Å². The van der Waals surface area contributed by atoms with E-state index in [0.29, 0.717) is 6.54 Å². The maximum atomic E-state index is 12.4. The van der Waals surface area contributed by atoms with Gasteiger partial charge in [-0.2, -0.15) is 0 Å². The van der Waals surface area contributed by atoms with Crippen molar-refractivity contribution in [2.75, 3.05) is 56.7 Å². The van der Waals surface area contributed by atoms with E-state index in [1.165, 1.54) is 10.6 Å². The number of anilines is 2. The fraction of sp³-hybridized carbons (Fsp3) is 0.435. The molecule has 3 rings (SSSR count). The number of nitrogens with one attached hydrogen (secondary N) is 2. The van der Waals surface area contributed by atoms with E-state index in [9.17, 15) is 4.79 Å². The summed E-state index contributed by atoms with van der Waals surface area (Å²) in [5.41, 5.74) is 2.02. The van der Waals surface area contributed by atoms with Crippen molar-refractivity contribution in [3.05, 3.63) is 48.5 Å². The van der Waals surface area contributed by atoms with Gasteiger partial charge in [0.25, 0.3) is 5.91 Å². The lowest BCUT2D eigenvalue weighted by atomic mass is 10.2. The second-order valence-electron chi connectivity index (χ2n) is 7.39. The van der Waals surface area contributed by atoms with E-state index in [1.54, 1.807) is 7.11 Å². The van der Waals surface area contributed by atoms with Crippen molar-refractivity contribution in [1.82, 2.24) is 0 Å². The van der Waals surface area contributed by atoms with E-state index >= 15 is 0 Å². The molecule has 6 heteroatoms. The average molecular weight is 399 g/mol. The van der Waals surface area contributed by atoms with Crippen LogP contribution in [0.25, 0.3) is 0 Å². The van der Waals surface area contributed by atoms with Crippen LogP contribution in [0.2, 0.25) is 0 Å². The Balaban J connectivity index is 1.41. The second-order valence-corrected chi connectivity index (χ2v) is 7.39. The van der Waals surface area contributed by atoms with Gasteiger partial charge in [-0.05, 0) is 55.0 Å². The molecule has 0 unspecified atom stereocenters. The maximum Gasteiger partial charge on any atom is 0.279 e. The lowest BCUT2D eigenvalue weighted by Gasteiger charge is -2.33. The molecule has 156 valence electrons. The number of methoxy groups -OCH3 is 1. The molecule has 1 fully saturated rings. The number of quaternary nitrogens is 1. The van der Waals surface area contributed by atoms with Gasteiger partial charge in [0, 0.05) is 11.4 Å². The van der Waals surface area contributed by atoms with Crippen molar-refractivity contribution in [2.45, 2.75) is 19.8 Å². The number of amides is 1. The molecule has 0 atom stereocenters. The SMILES string of the molecule is CCCCOc1ccc(NC(=O)C[NH+]2CCN(c3ccc(OC)cc3)CC2)cc1. The molecule has 0 aliphatic carbocycles. The van der Waals surface area contributed by atoms with Crippen molar-refractivity contribution >= 4 is 17.3 Å². The van der Waals surface area contributed by atoms with Crippen LogP contribution in [-0.4, -0.2) is 52.3 Å². The molecule has 2 N–H and O–H groups in total. The number of hydrogen-bond acceptors (Lipinski definition) is 4. The number of piperazine rings is 1. The normalized spacial score (nSPS) is 14.5. The molecule has 0 radical (unpaired) electrons. The Morgan fingerprint density at radius 1 is 1.03 bits per heavy atom. The fourth-order valence-electron chi connectivity index (χ4n) is 3.45. The smallest absolute Gasteiger partial charge is 0.279 e. The Hall–Kier alpha value is -2.73. The zero-order valence-electron chi connectivity index (χ0n) is 17.4. The van der Waals surface area contributed by atoms with E-state index < -0.39 is 0 Å². The van der Waals surface area contributed by atoms with Crippen LogP contribution in [0, 0.1) is 0 Å². The first-order valence-corrected chi connectivity index (χ1v) is 10.4. The minimum atomic E-state index is 0.0533. The predicted octanol–water partition coefficient (Wildman–Crippen LogP) is 2.22. The lowest BCUT2D eigenvalue weighted by Crippen LogP contribution is -3.15. The highest BCUT2D eigenvalue weighted by Gasteiger charge is 2.22. The van der Waals surface area contributed by atoms with Crippen LogP contribution in [0.5, 0.6) is 11.5 Å². The number of rotatable bonds is 9. The van der Waals surface area contributed by atoms with Gasteiger partial charge in [-0.1, -0.05) is 13.3 Å². The number of hydrogen-bond donors (Lipinski definition) is 2. The summed E-state index contributed by atoms with van der Waals surface area (Å²) in [6, 6.07) is 15.8. The molecule has 1 aliphatic heterocycles. The van der Waals surface area contributed by atoms with Crippen LogP contribution >= 0.6 is 0 Å². The van der Waals surface area contributed by atoms with Crippen LogP contribution < -0.4 is 24.6 Å². The van der Waals surface area contributed by atoms with Gasteiger partial charge < -0.3 is 24.6 Å². The van der Waals surface area contributed by atoms with Crippen molar-refractivity contribution in [1.29, 1.82) is 0 Å². The van der Waals surface area contributed by atoms with Crippen molar-refractivity contribution < 1.29 is 19.2 Å². The van der Waals surface area contributed by atoms with Crippen LogP contribution in [0.4, 0.5) is 11.4 Å². The van der Waals surface area contributed by atoms with Crippen molar-refractivity contribution in [3.8, 4) is 11.5 Å². The predicted molar refractivity (Wildman–Crippen MR) is 116 cm³/mol. The first-order chi connectivity index (χ1) is 14.2. The number of unbranched alkanes of at least 4 members (excludes halogenated alkanes) is 1. The highest BCUT2D eigenvalue weighted by molar-refractivity contribution is 5.91. The zero-order chi connectivity index (χ0) is 20.5. The highest BCUT2D eigenvalue weighted by atomic mass is 16.5. The zero-order valence-corrected chi connectivity index (χ0v) is 17.4. The first-order valence-electron chi connectivity index (χ1n) is 10.4. The third kappa shape index (κ3) is 6.39. The lowest BCUT2D eigenvalue weighted by molar-refractivity contribution is -0.892. The number of carbonyl (C=O) groups excluding carboxylic acids is 1.